The largest absolute Gasteiger partial charge is 0.359 e. The van der Waals surface area contributed by atoms with Crippen LogP contribution in [0.2, 0.25) is 0 Å². The number of dihydropyridines is 1. The summed E-state index contributed by atoms with van der Waals surface area (Å²) in [6, 6.07) is 13.3. The standard InChI is InChI=1S/C26H16F2IN3O2/c27-21-3-1-2-18(24(21)28)25-20-11-19(20)17-8-9-32(13-23(17)30-25)12-16-10-22(31-34-16)14-4-6-15(7-5-14)26(29)33/h1-10,13,20H,11-12H2. The summed E-state index contributed by atoms with van der Waals surface area (Å²) in [7, 11) is 0. The number of hydrogen-bond donors (Lipinski definition) is 0. The molecule has 2 aromatic carbocycles. The van der Waals surface area contributed by atoms with Gasteiger partial charge < -0.3 is 9.42 Å². The molecular formula is C26H16F2IN3O2. The van der Waals surface area contributed by atoms with Crippen LogP contribution in [0.4, 0.5) is 8.78 Å². The molecule has 1 aromatic heterocycles. The molecule has 2 aliphatic heterocycles. The van der Waals surface area contributed by atoms with Crippen LogP contribution in [-0.2, 0) is 6.54 Å². The molecule has 8 heteroatoms. The van der Waals surface area contributed by atoms with Gasteiger partial charge in [0.2, 0.25) is 3.79 Å². The first-order chi connectivity index (χ1) is 16.5. The highest BCUT2D eigenvalue weighted by Crippen LogP contribution is 2.50. The molecule has 3 aromatic rings. The second-order valence-electron chi connectivity index (χ2n) is 8.33. The molecule has 1 saturated carbocycles. The summed E-state index contributed by atoms with van der Waals surface area (Å²) in [4.78, 5) is 18.1. The molecule has 0 amide bonds. The minimum atomic E-state index is -0.868. The van der Waals surface area contributed by atoms with E-state index in [0.29, 0.717) is 29.3 Å². The molecule has 0 radical (unpaired) electrons. The lowest BCUT2D eigenvalue weighted by Crippen LogP contribution is -2.17. The number of carbonyl (C=O) groups excluding carboxylic acids is 1. The van der Waals surface area contributed by atoms with Crippen molar-refractivity contribution in [1.82, 2.24) is 10.1 Å². The summed E-state index contributed by atoms with van der Waals surface area (Å²) in [5.74, 6) is -1.02. The first kappa shape index (κ1) is 21.2. The van der Waals surface area contributed by atoms with Gasteiger partial charge in [0.25, 0.3) is 0 Å². The third-order valence-electron chi connectivity index (χ3n) is 6.13. The molecule has 6 rings (SSSR count). The molecule has 0 spiro atoms. The van der Waals surface area contributed by atoms with E-state index in [2.05, 4.69) is 5.16 Å². The van der Waals surface area contributed by atoms with E-state index < -0.39 is 11.6 Å². The maximum Gasteiger partial charge on any atom is 0.222 e. The van der Waals surface area contributed by atoms with Crippen LogP contribution in [0.25, 0.3) is 11.3 Å². The second-order valence-corrected chi connectivity index (χ2v) is 9.31. The summed E-state index contributed by atoms with van der Waals surface area (Å²) in [6.45, 7) is 0.433. The fraction of sp³-hybridized carbons (Fsp3) is 0.115. The zero-order valence-electron chi connectivity index (χ0n) is 17.6. The van der Waals surface area contributed by atoms with E-state index in [-0.39, 0.29) is 15.3 Å². The minimum absolute atomic E-state index is 0.0181. The number of nitrogens with zero attached hydrogens (tertiary/aromatic N) is 3. The number of aromatic nitrogens is 1. The fourth-order valence-corrected chi connectivity index (χ4v) is 4.70. The van der Waals surface area contributed by atoms with E-state index in [4.69, 9.17) is 9.52 Å². The monoisotopic (exact) mass is 567 g/mol. The van der Waals surface area contributed by atoms with E-state index in [1.807, 2.05) is 41.6 Å². The molecule has 1 atom stereocenters. The Kier molecular flexibility index (Phi) is 5.05. The Hall–Kier alpha value is -3.40. The van der Waals surface area contributed by atoms with Gasteiger partial charge in [-0.2, -0.15) is 0 Å². The summed E-state index contributed by atoms with van der Waals surface area (Å²) in [5, 5.41) is 4.15. The Morgan fingerprint density at radius 1 is 1.18 bits per heavy atom. The molecule has 3 heterocycles. The highest BCUT2D eigenvalue weighted by Gasteiger charge is 2.42. The van der Waals surface area contributed by atoms with E-state index in [1.165, 1.54) is 11.6 Å². The molecule has 1 fully saturated rings. The van der Waals surface area contributed by atoms with Crippen molar-refractivity contribution in [2.24, 2.45) is 10.9 Å². The lowest BCUT2D eigenvalue weighted by molar-refractivity contribution is 0.110. The predicted octanol–water partition coefficient (Wildman–Crippen LogP) is 6.19. The Morgan fingerprint density at radius 3 is 2.79 bits per heavy atom. The van der Waals surface area contributed by atoms with Crippen molar-refractivity contribution in [3.8, 4) is 11.3 Å². The van der Waals surface area contributed by atoms with Crippen LogP contribution in [0, 0.1) is 17.6 Å². The van der Waals surface area contributed by atoms with Crippen LogP contribution >= 0.6 is 22.6 Å². The number of allylic oxidation sites excluding steroid dienone is 2. The first-order valence-corrected chi connectivity index (χ1v) is 11.7. The quantitative estimate of drug-likeness (QED) is 0.273. The maximum absolute atomic E-state index is 14.4. The number of aliphatic imine (C=N–C) groups is 1. The van der Waals surface area contributed by atoms with Crippen LogP contribution in [0.15, 0.2) is 93.4 Å². The number of benzene rings is 2. The highest BCUT2D eigenvalue weighted by atomic mass is 127. The molecule has 0 saturated heterocycles. The second kappa shape index (κ2) is 8.12. The van der Waals surface area contributed by atoms with Crippen molar-refractivity contribution in [3.05, 3.63) is 112 Å². The van der Waals surface area contributed by atoms with Crippen LogP contribution in [0.5, 0.6) is 0 Å². The Balaban J connectivity index is 1.24. The van der Waals surface area contributed by atoms with Crippen LogP contribution in [0.3, 0.4) is 0 Å². The molecule has 168 valence electrons. The van der Waals surface area contributed by atoms with Gasteiger partial charge in [-0.25, -0.2) is 13.8 Å². The van der Waals surface area contributed by atoms with Crippen LogP contribution < -0.4 is 0 Å². The van der Waals surface area contributed by atoms with Gasteiger partial charge in [0.15, 0.2) is 17.4 Å². The van der Waals surface area contributed by atoms with E-state index in [0.717, 1.165) is 29.3 Å². The number of rotatable bonds is 5. The smallest absolute Gasteiger partial charge is 0.222 e. The highest BCUT2D eigenvalue weighted by molar-refractivity contribution is 14.1. The van der Waals surface area contributed by atoms with Gasteiger partial charge in [-0.1, -0.05) is 28.9 Å². The van der Waals surface area contributed by atoms with Gasteiger partial charge in [0.05, 0.1) is 18.0 Å². The normalized spacial score (nSPS) is 18.3. The summed E-state index contributed by atoms with van der Waals surface area (Å²) in [6.07, 6.45) is 6.65. The number of halogens is 3. The van der Waals surface area contributed by atoms with Gasteiger partial charge >= 0.3 is 0 Å². The summed E-state index contributed by atoms with van der Waals surface area (Å²) < 4.78 is 33.7. The van der Waals surface area contributed by atoms with Gasteiger partial charge in [-0.05, 0) is 36.8 Å². The van der Waals surface area contributed by atoms with Crippen LogP contribution in [0.1, 0.15) is 28.1 Å². The molecule has 0 bridgehead atoms. The van der Waals surface area contributed by atoms with Crippen molar-refractivity contribution in [2.45, 2.75) is 13.0 Å². The third-order valence-corrected chi connectivity index (χ3v) is 6.75. The lowest BCUT2D eigenvalue weighted by Gasteiger charge is -2.23. The number of carbonyl (C=O) groups is 1. The van der Waals surface area contributed by atoms with Crippen LogP contribution in [-0.4, -0.2) is 19.6 Å². The van der Waals surface area contributed by atoms with E-state index in [1.54, 1.807) is 40.8 Å². The molecular weight excluding hydrogens is 551 g/mol. The lowest BCUT2D eigenvalue weighted by atomic mass is 9.99. The fourth-order valence-electron chi connectivity index (χ4n) is 4.34. The topological polar surface area (TPSA) is 58.7 Å². The summed E-state index contributed by atoms with van der Waals surface area (Å²) in [5.41, 5.74) is 5.93. The van der Waals surface area contributed by atoms with Crippen molar-refractivity contribution in [1.29, 1.82) is 0 Å². The predicted molar refractivity (Wildman–Crippen MR) is 131 cm³/mol. The van der Waals surface area contributed by atoms with Gasteiger partial charge in [-0.3, -0.25) is 4.79 Å². The van der Waals surface area contributed by atoms with Gasteiger partial charge in [-0.15, -0.1) is 0 Å². The average molecular weight is 567 g/mol. The number of fused-ring (bicyclic) bond motifs is 2. The van der Waals surface area contributed by atoms with Crippen molar-refractivity contribution in [2.75, 3.05) is 0 Å². The SMILES string of the molecule is O=C(I)c1ccc(-c2cc(CN3C=CC4=C5CC5C(c5cccc(F)c5F)=NC4=C3)on2)cc1. The van der Waals surface area contributed by atoms with Gasteiger partial charge in [0, 0.05) is 69.2 Å². The molecule has 5 nitrogen and oxygen atoms in total. The first-order valence-electron chi connectivity index (χ1n) is 10.7. The van der Waals surface area contributed by atoms with Crippen molar-refractivity contribution in [3.63, 3.8) is 0 Å². The van der Waals surface area contributed by atoms with Crippen molar-refractivity contribution < 1.29 is 18.1 Å². The zero-order valence-corrected chi connectivity index (χ0v) is 19.8. The molecule has 3 aliphatic rings. The Labute approximate surface area is 207 Å². The summed E-state index contributed by atoms with van der Waals surface area (Å²) >= 11 is 1.76. The van der Waals surface area contributed by atoms with E-state index >= 15 is 0 Å². The molecule has 1 unspecified atom stereocenters. The zero-order chi connectivity index (χ0) is 23.4. The van der Waals surface area contributed by atoms with Gasteiger partial charge in [0.1, 0.15) is 5.69 Å². The maximum atomic E-state index is 14.4. The van der Waals surface area contributed by atoms with E-state index in [9.17, 15) is 13.6 Å². The molecule has 34 heavy (non-hydrogen) atoms. The van der Waals surface area contributed by atoms with Crippen molar-refractivity contribution >= 4 is 32.1 Å². The average Bonchev–Trinajstić information content (AvgIpc) is 3.51. The number of hydrogen-bond acceptors (Lipinski definition) is 5. The molecule has 0 N–H and O–H groups in total. The third kappa shape index (κ3) is 3.71. The Bertz CT molecular complexity index is 1470. The minimum Gasteiger partial charge on any atom is -0.359 e. The Morgan fingerprint density at radius 2 is 2.00 bits per heavy atom. The molecule has 1 aliphatic carbocycles.